The third kappa shape index (κ3) is 4.60. The van der Waals surface area contributed by atoms with Crippen LogP contribution in [0.2, 0.25) is 5.02 Å². The van der Waals surface area contributed by atoms with Gasteiger partial charge in [0, 0.05) is 35.8 Å². The molecule has 4 nitrogen and oxygen atoms in total. The van der Waals surface area contributed by atoms with Crippen LogP contribution < -0.4 is 5.32 Å². The molecular weight excluding hydrogens is 336 g/mol. The predicted molar refractivity (Wildman–Crippen MR) is 98.8 cm³/mol. The third-order valence-corrected chi connectivity index (χ3v) is 4.66. The maximum Gasteiger partial charge on any atom is 0.253 e. The number of carbonyl (C=O) groups excluding carboxylic acids is 2. The van der Waals surface area contributed by atoms with E-state index in [1.165, 1.54) is 6.42 Å². The highest BCUT2D eigenvalue weighted by atomic mass is 35.5. The van der Waals surface area contributed by atoms with Crippen LogP contribution in [0.3, 0.4) is 0 Å². The van der Waals surface area contributed by atoms with E-state index < -0.39 is 0 Å². The zero-order valence-corrected chi connectivity index (χ0v) is 14.8. The van der Waals surface area contributed by atoms with Crippen LogP contribution in [0.5, 0.6) is 0 Å². The van der Waals surface area contributed by atoms with Crippen LogP contribution in [-0.4, -0.2) is 29.8 Å². The highest BCUT2D eigenvalue weighted by molar-refractivity contribution is 6.30. The van der Waals surface area contributed by atoms with E-state index in [-0.39, 0.29) is 11.8 Å². The molecule has 1 fully saturated rings. The molecule has 1 N–H and O–H groups in total. The first-order valence-corrected chi connectivity index (χ1v) is 8.93. The van der Waals surface area contributed by atoms with Gasteiger partial charge in [-0.2, -0.15) is 0 Å². The zero-order valence-electron chi connectivity index (χ0n) is 14.0. The van der Waals surface area contributed by atoms with Crippen LogP contribution in [0.15, 0.2) is 48.5 Å². The second kappa shape index (κ2) is 8.17. The molecule has 2 aromatic carbocycles. The lowest BCUT2D eigenvalue weighted by molar-refractivity contribution is 0.0724. The highest BCUT2D eigenvalue weighted by Gasteiger charge is 2.17. The Morgan fingerprint density at radius 1 is 0.880 bits per heavy atom. The number of benzene rings is 2. The maximum atomic E-state index is 12.4. The number of hydrogen-bond acceptors (Lipinski definition) is 2. The summed E-state index contributed by atoms with van der Waals surface area (Å²) < 4.78 is 0. The summed E-state index contributed by atoms with van der Waals surface area (Å²) in [5.41, 5.74) is 2.23. The lowest BCUT2D eigenvalue weighted by Crippen LogP contribution is -2.35. The molecule has 0 unspecified atom stereocenters. The van der Waals surface area contributed by atoms with E-state index in [0.29, 0.717) is 22.7 Å². The van der Waals surface area contributed by atoms with E-state index in [9.17, 15) is 9.59 Å². The van der Waals surface area contributed by atoms with Crippen molar-refractivity contribution >= 4 is 23.4 Å². The van der Waals surface area contributed by atoms with Crippen LogP contribution >= 0.6 is 11.6 Å². The Bertz CT molecular complexity index is 735. The normalized spacial score (nSPS) is 14.2. The Morgan fingerprint density at radius 3 is 2.12 bits per heavy atom. The second-order valence-electron chi connectivity index (χ2n) is 6.24. The molecule has 0 saturated carbocycles. The molecule has 1 aliphatic heterocycles. The molecule has 5 heteroatoms. The number of carbonyl (C=O) groups is 2. The number of amides is 2. The number of rotatable bonds is 4. The summed E-state index contributed by atoms with van der Waals surface area (Å²) in [6, 6.07) is 14.2. The average Bonchev–Trinajstić information content (AvgIpc) is 2.67. The summed E-state index contributed by atoms with van der Waals surface area (Å²) in [6.45, 7) is 2.11. The molecule has 2 amide bonds. The minimum atomic E-state index is -0.148. The largest absolute Gasteiger partial charge is 0.348 e. The first-order valence-electron chi connectivity index (χ1n) is 8.55. The Kier molecular flexibility index (Phi) is 5.71. The van der Waals surface area contributed by atoms with Crippen LogP contribution in [0.4, 0.5) is 0 Å². The summed E-state index contributed by atoms with van der Waals surface area (Å²) in [5.74, 6) is -0.0541. The number of likely N-dealkylation sites (tertiary alicyclic amines) is 1. The standard InChI is InChI=1S/C20H21ClN2O2/c21-18-10-8-16(9-11-18)19(24)22-14-15-4-6-17(7-5-15)20(25)23-12-2-1-3-13-23/h4-11H,1-3,12-14H2,(H,22,24). The number of hydrogen-bond donors (Lipinski definition) is 1. The second-order valence-corrected chi connectivity index (χ2v) is 6.68. The van der Waals surface area contributed by atoms with Gasteiger partial charge in [-0.1, -0.05) is 23.7 Å². The smallest absolute Gasteiger partial charge is 0.253 e. The topological polar surface area (TPSA) is 49.4 Å². The molecule has 0 aromatic heterocycles. The maximum absolute atomic E-state index is 12.4. The summed E-state index contributed by atoms with van der Waals surface area (Å²) in [5, 5.41) is 3.47. The van der Waals surface area contributed by atoms with Gasteiger partial charge in [0.25, 0.3) is 11.8 Å². The van der Waals surface area contributed by atoms with Gasteiger partial charge >= 0.3 is 0 Å². The Hall–Kier alpha value is -2.33. The van der Waals surface area contributed by atoms with Crippen LogP contribution in [0, 0.1) is 0 Å². The van der Waals surface area contributed by atoms with Crippen molar-refractivity contribution in [1.82, 2.24) is 10.2 Å². The Balaban J connectivity index is 1.56. The minimum absolute atomic E-state index is 0.0939. The molecule has 0 spiro atoms. The minimum Gasteiger partial charge on any atom is -0.348 e. The lowest BCUT2D eigenvalue weighted by atomic mass is 10.1. The highest BCUT2D eigenvalue weighted by Crippen LogP contribution is 2.14. The van der Waals surface area contributed by atoms with E-state index in [4.69, 9.17) is 11.6 Å². The number of piperidine rings is 1. The van der Waals surface area contributed by atoms with Crippen LogP contribution in [0.25, 0.3) is 0 Å². The SMILES string of the molecule is O=C(NCc1ccc(C(=O)N2CCCCC2)cc1)c1ccc(Cl)cc1. The van der Waals surface area contributed by atoms with Gasteiger partial charge in [0.05, 0.1) is 0 Å². The van der Waals surface area contributed by atoms with Crippen molar-refractivity contribution in [2.75, 3.05) is 13.1 Å². The lowest BCUT2D eigenvalue weighted by Gasteiger charge is -2.26. The van der Waals surface area contributed by atoms with Crippen molar-refractivity contribution in [1.29, 1.82) is 0 Å². The third-order valence-electron chi connectivity index (χ3n) is 4.40. The van der Waals surface area contributed by atoms with Crippen LogP contribution in [-0.2, 0) is 6.54 Å². The van der Waals surface area contributed by atoms with Gasteiger partial charge < -0.3 is 10.2 Å². The summed E-state index contributed by atoms with van der Waals surface area (Å²) >= 11 is 5.82. The first-order chi connectivity index (χ1) is 12.1. The van der Waals surface area contributed by atoms with Crippen molar-refractivity contribution in [3.05, 3.63) is 70.2 Å². The van der Waals surface area contributed by atoms with Gasteiger partial charge in [-0.15, -0.1) is 0 Å². The molecule has 3 rings (SSSR count). The number of nitrogens with zero attached hydrogens (tertiary/aromatic N) is 1. The Labute approximate surface area is 152 Å². The fourth-order valence-corrected chi connectivity index (χ4v) is 3.06. The first kappa shape index (κ1) is 17.5. The number of halogens is 1. The zero-order chi connectivity index (χ0) is 17.6. The summed E-state index contributed by atoms with van der Waals surface area (Å²) in [7, 11) is 0. The van der Waals surface area contributed by atoms with Gasteiger partial charge in [0.2, 0.25) is 0 Å². The van der Waals surface area contributed by atoms with Crippen molar-refractivity contribution < 1.29 is 9.59 Å². The molecule has 0 atom stereocenters. The molecule has 0 aliphatic carbocycles. The predicted octanol–water partition coefficient (Wildman–Crippen LogP) is 3.90. The van der Waals surface area contributed by atoms with Crippen molar-refractivity contribution in [3.8, 4) is 0 Å². The quantitative estimate of drug-likeness (QED) is 0.903. The number of nitrogens with one attached hydrogen (secondary N) is 1. The molecule has 1 heterocycles. The monoisotopic (exact) mass is 356 g/mol. The van der Waals surface area contributed by atoms with Gasteiger partial charge in [-0.3, -0.25) is 9.59 Å². The molecule has 0 bridgehead atoms. The molecule has 1 aliphatic rings. The van der Waals surface area contributed by atoms with Crippen molar-refractivity contribution in [3.63, 3.8) is 0 Å². The molecule has 1 saturated heterocycles. The van der Waals surface area contributed by atoms with Crippen LogP contribution in [0.1, 0.15) is 45.5 Å². The Morgan fingerprint density at radius 2 is 1.48 bits per heavy atom. The van der Waals surface area contributed by atoms with Gasteiger partial charge in [-0.05, 0) is 61.2 Å². The van der Waals surface area contributed by atoms with Gasteiger partial charge in [0.15, 0.2) is 0 Å². The molecule has 0 radical (unpaired) electrons. The van der Waals surface area contributed by atoms with Crippen molar-refractivity contribution in [2.45, 2.75) is 25.8 Å². The molecule has 25 heavy (non-hydrogen) atoms. The van der Waals surface area contributed by atoms with E-state index >= 15 is 0 Å². The average molecular weight is 357 g/mol. The van der Waals surface area contributed by atoms with E-state index in [1.54, 1.807) is 24.3 Å². The fraction of sp³-hybridized carbons (Fsp3) is 0.300. The summed E-state index contributed by atoms with van der Waals surface area (Å²) in [6.07, 6.45) is 3.37. The molecule has 130 valence electrons. The summed E-state index contributed by atoms with van der Waals surface area (Å²) in [4.78, 5) is 26.4. The molecular formula is C20H21ClN2O2. The van der Waals surface area contributed by atoms with Crippen molar-refractivity contribution in [2.24, 2.45) is 0 Å². The van der Waals surface area contributed by atoms with E-state index in [1.807, 2.05) is 29.2 Å². The van der Waals surface area contributed by atoms with Gasteiger partial charge in [0.1, 0.15) is 0 Å². The van der Waals surface area contributed by atoms with Gasteiger partial charge in [-0.25, -0.2) is 0 Å². The van der Waals surface area contributed by atoms with E-state index in [0.717, 1.165) is 31.5 Å². The van der Waals surface area contributed by atoms with E-state index in [2.05, 4.69) is 5.32 Å². The molecule has 2 aromatic rings. The fourth-order valence-electron chi connectivity index (χ4n) is 2.93.